The molecule has 3 aromatic rings. The number of halogens is 3. The van der Waals surface area contributed by atoms with Crippen LogP contribution >= 0.6 is 34.8 Å². The maximum atomic E-state index is 7.50. The van der Waals surface area contributed by atoms with E-state index in [9.17, 15) is 0 Å². The van der Waals surface area contributed by atoms with Gasteiger partial charge in [-0.3, -0.25) is 0 Å². The molecule has 0 N–H and O–H groups in total. The average molecular weight is 477 g/mol. The molecule has 8 heteroatoms. The number of rotatable bonds is 8. The summed E-state index contributed by atoms with van der Waals surface area (Å²) in [6.45, 7) is 12.2. The van der Waals surface area contributed by atoms with Crippen LogP contribution in [0.3, 0.4) is 0 Å². The average Bonchev–Trinajstić information content (AvgIpc) is 2.76. The van der Waals surface area contributed by atoms with E-state index in [2.05, 4.69) is 28.7 Å². The molecule has 160 valence electrons. The Kier molecular flexibility index (Phi) is 7.61. The van der Waals surface area contributed by atoms with Gasteiger partial charge in [-0.1, -0.05) is 37.6 Å². The van der Waals surface area contributed by atoms with Crippen molar-refractivity contribution in [1.29, 1.82) is 0 Å². The van der Waals surface area contributed by atoms with Crippen molar-refractivity contribution in [3.05, 3.63) is 87.2 Å². The fourth-order valence-electron chi connectivity index (χ4n) is 3.05. The number of alkyl halides is 1. The highest BCUT2D eigenvalue weighted by Crippen LogP contribution is 2.42. The number of aromatic nitrogens is 2. The Bertz CT molecular complexity index is 1100. The fraction of sp³-hybridized carbons (Fsp3) is 0.261. The molecule has 31 heavy (non-hydrogen) atoms. The molecule has 0 saturated carbocycles. The van der Waals surface area contributed by atoms with Crippen molar-refractivity contribution in [2.45, 2.75) is 25.9 Å². The minimum atomic E-state index is -0.396. The predicted molar refractivity (Wildman–Crippen MR) is 124 cm³/mol. The first-order chi connectivity index (χ1) is 14.8. The third kappa shape index (κ3) is 5.59. The van der Waals surface area contributed by atoms with Crippen LogP contribution in [0.2, 0.25) is 10.3 Å². The van der Waals surface area contributed by atoms with E-state index >= 15 is 0 Å². The van der Waals surface area contributed by atoms with Crippen molar-refractivity contribution in [2.24, 2.45) is 0 Å². The van der Waals surface area contributed by atoms with Crippen molar-refractivity contribution >= 4 is 40.5 Å². The second-order valence-corrected chi connectivity index (χ2v) is 8.33. The molecule has 0 aliphatic heterocycles. The fourth-order valence-corrected chi connectivity index (χ4v) is 3.56. The Morgan fingerprint density at radius 1 is 1.03 bits per heavy atom. The molecule has 0 fully saturated rings. The van der Waals surface area contributed by atoms with E-state index in [0.29, 0.717) is 40.4 Å². The van der Waals surface area contributed by atoms with E-state index < -0.39 is 5.41 Å². The lowest BCUT2D eigenvalue weighted by molar-refractivity contribution is 0.301. The van der Waals surface area contributed by atoms with E-state index in [1.165, 1.54) is 0 Å². The third-order valence-electron chi connectivity index (χ3n) is 4.84. The van der Waals surface area contributed by atoms with Gasteiger partial charge in [0.05, 0.1) is 29.8 Å². The van der Waals surface area contributed by atoms with Crippen LogP contribution in [0.5, 0.6) is 11.5 Å². The van der Waals surface area contributed by atoms with E-state index in [1.54, 1.807) is 12.3 Å². The first-order valence-electron chi connectivity index (χ1n) is 9.46. The molecule has 0 atom stereocenters. The summed E-state index contributed by atoms with van der Waals surface area (Å²) >= 11 is 17.9. The van der Waals surface area contributed by atoms with Gasteiger partial charge >= 0.3 is 0 Å². The third-order valence-corrected chi connectivity index (χ3v) is 5.45. The van der Waals surface area contributed by atoms with E-state index in [-0.39, 0.29) is 11.9 Å². The van der Waals surface area contributed by atoms with Crippen LogP contribution in [-0.2, 0) is 12.0 Å². The van der Waals surface area contributed by atoms with Crippen LogP contribution in [0.1, 0.15) is 30.7 Å². The topological polar surface area (TPSA) is 48.6 Å². The van der Waals surface area contributed by atoms with Crippen molar-refractivity contribution < 1.29 is 9.47 Å². The van der Waals surface area contributed by atoms with Crippen LogP contribution in [-0.4, -0.2) is 22.5 Å². The quantitative estimate of drug-likeness (QED) is 0.202. The van der Waals surface area contributed by atoms with Crippen LogP contribution in [0.15, 0.2) is 48.7 Å². The van der Waals surface area contributed by atoms with Crippen molar-refractivity contribution in [1.82, 2.24) is 9.97 Å². The van der Waals surface area contributed by atoms with Crippen molar-refractivity contribution in [3.63, 3.8) is 0 Å². The van der Waals surface area contributed by atoms with E-state index in [4.69, 9.17) is 50.8 Å². The molecule has 0 radical (unpaired) electrons. The molecule has 5 nitrogen and oxygen atoms in total. The molecule has 0 saturated heterocycles. The molecule has 1 heterocycles. The van der Waals surface area contributed by atoms with Gasteiger partial charge in [0, 0.05) is 11.6 Å². The molecule has 0 bridgehead atoms. The lowest BCUT2D eigenvalue weighted by Crippen LogP contribution is -2.19. The van der Waals surface area contributed by atoms with Gasteiger partial charge in [-0.05, 0) is 53.1 Å². The highest BCUT2D eigenvalue weighted by atomic mass is 35.5. The van der Waals surface area contributed by atoms with Gasteiger partial charge in [0.2, 0.25) is 11.0 Å². The summed E-state index contributed by atoms with van der Waals surface area (Å²) in [7, 11) is 0. The van der Waals surface area contributed by atoms with Crippen LogP contribution < -0.4 is 9.47 Å². The minimum absolute atomic E-state index is 0.190. The maximum absolute atomic E-state index is 7.50. The summed E-state index contributed by atoms with van der Waals surface area (Å²) in [5.41, 5.74) is 2.62. The van der Waals surface area contributed by atoms with Crippen LogP contribution in [0.4, 0.5) is 5.69 Å². The number of nitrogens with zero attached hydrogens (tertiary/aromatic N) is 3. The largest absolute Gasteiger partial charge is 0.502 e. The summed E-state index contributed by atoms with van der Waals surface area (Å²) < 4.78 is 11.3. The summed E-state index contributed by atoms with van der Waals surface area (Å²) in [4.78, 5) is 11.6. The Balaban J connectivity index is 1.80. The standard InChI is InChI=1S/C23H20Cl3N3O2/c1-23(2,16-12-19(25)21(30-11-9-24)20(13-16)27-3)15-4-6-18(7-5-15)31-14-17-8-10-28-22(26)29-17/h4-8,10,12-13H,9,11,14H2,1-2H3. The summed E-state index contributed by atoms with van der Waals surface area (Å²) in [6.07, 6.45) is 1.59. The maximum Gasteiger partial charge on any atom is 0.229 e. The Morgan fingerprint density at radius 3 is 2.42 bits per heavy atom. The summed E-state index contributed by atoms with van der Waals surface area (Å²) in [6, 6.07) is 13.2. The second-order valence-electron chi connectivity index (χ2n) is 7.21. The van der Waals surface area contributed by atoms with Gasteiger partial charge in [0.25, 0.3) is 0 Å². The molecule has 0 amide bonds. The zero-order valence-corrected chi connectivity index (χ0v) is 19.3. The second kappa shape index (κ2) is 10.2. The SMILES string of the molecule is [C-]#[N+]c1cc(C(C)(C)c2ccc(OCc3ccnc(Cl)n3)cc2)cc(Cl)c1OCCCl. The Morgan fingerprint density at radius 2 is 1.77 bits per heavy atom. The van der Waals surface area contributed by atoms with E-state index in [0.717, 1.165) is 11.1 Å². The Labute approximate surface area is 196 Å². The lowest BCUT2D eigenvalue weighted by atomic mass is 9.78. The monoisotopic (exact) mass is 475 g/mol. The molecule has 1 aromatic heterocycles. The normalized spacial score (nSPS) is 11.1. The molecule has 0 aliphatic carbocycles. The predicted octanol–water partition coefficient (Wildman–Crippen LogP) is 6.86. The van der Waals surface area contributed by atoms with Gasteiger partial charge in [0.1, 0.15) is 18.1 Å². The molecular formula is C23H20Cl3N3O2. The van der Waals surface area contributed by atoms with Gasteiger partial charge in [-0.15, -0.1) is 11.6 Å². The molecule has 0 aliphatic rings. The number of hydrogen-bond acceptors (Lipinski definition) is 4. The number of hydrogen-bond donors (Lipinski definition) is 0. The van der Waals surface area contributed by atoms with Crippen LogP contribution in [0.25, 0.3) is 4.85 Å². The highest BCUT2D eigenvalue weighted by molar-refractivity contribution is 6.32. The molecule has 2 aromatic carbocycles. The highest BCUT2D eigenvalue weighted by Gasteiger charge is 2.26. The lowest BCUT2D eigenvalue weighted by Gasteiger charge is -2.27. The zero-order valence-electron chi connectivity index (χ0n) is 17.0. The van der Waals surface area contributed by atoms with Gasteiger partial charge in [-0.2, -0.15) is 0 Å². The first kappa shape index (κ1) is 23.1. The van der Waals surface area contributed by atoms with Gasteiger partial charge in [-0.25, -0.2) is 14.8 Å². The van der Waals surface area contributed by atoms with Crippen LogP contribution in [0, 0.1) is 6.57 Å². The summed E-state index contributed by atoms with van der Waals surface area (Å²) in [5.74, 6) is 1.39. The first-order valence-corrected chi connectivity index (χ1v) is 10.7. The molecule has 0 unspecified atom stereocenters. The molecule has 0 spiro atoms. The minimum Gasteiger partial charge on any atom is -0.502 e. The smallest absolute Gasteiger partial charge is 0.229 e. The van der Waals surface area contributed by atoms with Crippen molar-refractivity contribution in [2.75, 3.05) is 12.5 Å². The molecular weight excluding hydrogens is 457 g/mol. The molecule has 3 rings (SSSR count). The summed E-state index contributed by atoms with van der Waals surface area (Å²) in [5, 5.41) is 0.583. The van der Waals surface area contributed by atoms with Gasteiger partial charge < -0.3 is 9.47 Å². The van der Waals surface area contributed by atoms with Crippen molar-refractivity contribution in [3.8, 4) is 11.5 Å². The van der Waals surface area contributed by atoms with Gasteiger partial charge in [0.15, 0.2) is 0 Å². The zero-order chi connectivity index (χ0) is 22.4. The number of ether oxygens (including phenoxy) is 2. The Hall–Kier alpha value is -2.52. The van der Waals surface area contributed by atoms with E-state index in [1.807, 2.05) is 36.4 Å². The number of benzene rings is 2.